The Labute approximate surface area is 94.5 Å². The summed E-state index contributed by atoms with van der Waals surface area (Å²) in [5.41, 5.74) is 1.22. The van der Waals surface area contributed by atoms with Crippen LogP contribution in [0.5, 0.6) is 0 Å². The quantitative estimate of drug-likeness (QED) is 0.618. The lowest BCUT2D eigenvalue weighted by molar-refractivity contribution is -0.118. The molecule has 0 aliphatic carbocycles. The third-order valence-electron chi connectivity index (χ3n) is 1.78. The second kappa shape index (κ2) is 6.15. The molecule has 1 aromatic rings. The Hall–Kier alpha value is -1.40. The van der Waals surface area contributed by atoms with Gasteiger partial charge in [0, 0.05) is 4.90 Å². The van der Waals surface area contributed by atoms with Gasteiger partial charge in [0.1, 0.15) is 0 Å². The van der Waals surface area contributed by atoms with Crippen molar-refractivity contribution in [3.8, 4) is 12.3 Å². The molecule has 2 nitrogen and oxygen atoms in total. The first-order chi connectivity index (χ1) is 7.22. The summed E-state index contributed by atoms with van der Waals surface area (Å²) >= 11 is 1.51. The zero-order valence-electron chi connectivity index (χ0n) is 8.62. The number of hydrogen-bond donors (Lipinski definition) is 1. The molecule has 0 bridgehead atoms. The first-order valence-electron chi connectivity index (χ1n) is 4.62. The maximum Gasteiger partial charge on any atom is 0.231 e. The van der Waals surface area contributed by atoms with E-state index in [1.54, 1.807) is 0 Å². The number of nitrogens with one attached hydrogen (secondary N) is 1. The predicted molar refractivity (Wildman–Crippen MR) is 63.7 cm³/mol. The Morgan fingerprint density at radius 1 is 1.47 bits per heavy atom. The molecule has 15 heavy (non-hydrogen) atoms. The highest BCUT2D eigenvalue weighted by Crippen LogP contribution is 2.17. The number of hydrogen-bond acceptors (Lipinski definition) is 2. The van der Waals surface area contributed by atoms with Crippen molar-refractivity contribution in [2.45, 2.75) is 11.8 Å². The van der Waals surface area contributed by atoms with Crippen molar-refractivity contribution in [2.75, 3.05) is 12.3 Å². The third-order valence-corrected chi connectivity index (χ3v) is 2.79. The van der Waals surface area contributed by atoms with Crippen LogP contribution in [0.1, 0.15) is 5.56 Å². The van der Waals surface area contributed by atoms with Gasteiger partial charge in [-0.25, -0.2) is 0 Å². The molecule has 1 amide bonds. The summed E-state index contributed by atoms with van der Waals surface area (Å²) in [7, 11) is 0. The third kappa shape index (κ3) is 4.57. The van der Waals surface area contributed by atoms with Gasteiger partial charge in [-0.05, 0) is 19.1 Å². The Morgan fingerprint density at radius 3 is 2.73 bits per heavy atom. The maximum absolute atomic E-state index is 11.2. The molecule has 0 radical (unpaired) electrons. The van der Waals surface area contributed by atoms with E-state index in [0.717, 1.165) is 4.90 Å². The smallest absolute Gasteiger partial charge is 0.231 e. The standard InChI is InChI=1S/C12H13NOS/c1-3-8-13-12(14)9-15-11-6-4-10(2)5-7-11/h1,4-7H,8-9H2,2H3,(H,13,14). The molecule has 0 atom stereocenters. The number of carbonyl (C=O) groups excluding carboxylic acids is 1. The number of thioether (sulfide) groups is 1. The molecule has 78 valence electrons. The minimum Gasteiger partial charge on any atom is -0.344 e. The summed E-state index contributed by atoms with van der Waals surface area (Å²) in [5.74, 6) is 2.74. The predicted octanol–water partition coefficient (Wildman–Crippen LogP) is 1.84. The van der Waals surface area contributed by atoms with Gasteiger partial charge in [-0.1, -0.05) is 23.6 Å². The molecule has 0 saturated heterocycles. The van der Waals surface area contributed by atoms with E-state index in [9.17, 15) is 4.79 Å². The molecule has 1 rings (SSSR count). The van der Waals surface area contributed by atoms with Crippen LogP contribution in [0.3, 0.4) is 0 Å². The van der Waals surface area contributed by atoms with Crippen molar-refractivity contribution in [1.82, 2.24) is 5.32 Å². The summed E-state index contributed by atoms with van der Waals surface area (Å²) < 4.78 is 0. The zero-order valence-corrected chi connectivity index (χ0v) is 9.43. The van der Waals surface area contributed by atoms with Gasteiger partial charge in [-0.3, -0.25) is 4.79 Å². The first kappa shape index (κ1) is 11.7. The summed E-state index contributed by atoms with van der Waals surface area (Å²) in [4.78, 5) is 12.3. The molecule has 0 unspecified atom stereocenters. The number of aryl methyl sites for hydroxylation is 1. The molecule has 0 spiro atoms. The van der Waals surface area contributed by atoms with Gasteiger partial charge in [-0.2, -0.15) is 0 Å². The number of benzene rings is 1. The molecule has 0 aliphatic rings. The molecular formula is C12H13NOS. The van der Waals surface area contributed by atoms with E-state index in [2.05, 4.69) is 11.2 Å². The second-order valence-corrected chi connectivity index (χ2v) is 4.13. The number of carbonyl (C=O) groups is 1. The normalized spacial score (nSPS) is 9.33. The van der Waals surface area contributed by atoms with Crippen LogP contribution >= 0.6 is 11.8 Å². The van der Waals surface area contributed by atoms with Crippen molar-refractivity contribution in [2.24, 2.45) is 0 Å². The van der Waals surface area contributed by atoms with Gasteiger partial charge in [0.25, 0.3) is 0 Å². The maximum atomic E-state index is 11.2. The van der Waals surface area contributed by atoms with Crippen LogP contribution in [0.25, 0.3) is 0 Å². The summed E-state index contributed by atoms with van der Waals surface area (Å²) in [6.07, 6.45) is 5.03. The van der Waals surface area contributed by atoms with E-state index < -0.39 is 0 Å². The van der Waals surface area contributed by atoms with Crippen molar-refractivity contribution in [3.63, 3.8) is 0 Å². The highest BCUT2D eigenvalue weighted by molar-refractivity contribution is 8.00. The van der Waals surface area contributed by atoms with E-state index in [-0.39, 0.29) is 5.91 Å². The fourth-order valence-electron chi connectivity index (χ4n) is 0.984. The fourth-order valence-corrected chi connectivity index (χ4v) is 1.71. The number of terminal acetylenes is 1. The van der Waals surface area contributed by atoms with Crippen molar-refractivity contribution >= 4 is 17.7 Å². The molecule has 0 heterocycles. The molecule has 0 fully saturated rings. The minimum absolute atomic E-state index is 0.0291. The minimum atomic E-state index is -0.0291. The molecule has 0 aromatic heterocycles. The van der Waals surface area contributed by atoms with Gasteiger partial charge < -0.3 is 5.32 Å². The van der Waals surface area contributed by atoms with Gasteiger partial charge in [-0.15, -0.1) is 18.2 Å². The highest BCUT2D eigenvalue weighted by Gasteiger charge is 2.00. The van der Waals surface area contributed by atoms with E-state index >= 15 is 0 Å². The van der Waals surface area contributed by atoms with Crippen molar-refractivity contribution < 1.29 is 4.79 Å². The van der Waals surface area contributed by atoms with Crippen LogP contribution in [0, 0.1) is 19.3 Å². The monoisotopic (exact) mass is 219 g/mol. The average molecular weight is 219 g/mol. The van der Waals surface area contributed by atoms with E-state index in [1.807, 2.05) is 31.2 Å². The zero-order chi connectivity index (χ0) is 11.1. The van der Waals surface area contributed by atoms with Gasteiger partial charge >= 0.3 is 0 Å². The lowest BCUT2D eigenvalue weighted by Gasteiger charge is -2.02. The summed E-state index contributed by atoms with van der Waals surface area (Å²) in [6.45, 7) is 2.33. The molecule has 0 aliphatic heterocycles. The largest absolute Gasteiger partial charge is 0.344 e. The van der Waals surface area contributed by atoms with Crippen LogP contribution in [0.4, 0.5) is 0 Å². The highest BCUT2D eigenvalue weighted by atomic mass is 32.2. The Bertz CT molecular complexity index is 364. The van der Waals surface area contributed by atoms with Gasteiger partial charge in [0.2, 0.25) is 5.91 Å². The lowest BCUT2D eigenvalue weighted by Crippen LogP contribution is -2.25. The van der Waals surface area contributed by atoms with Crippen LogP contribution in [0.2, 0.25) is 0 Å². The van der Waals surface area contributed by atoms with Gasteiger partial charge in [0.15, 0.2) is 0 Å². The molecule has 0 saturated carbocycles. The van der Waals surface area contributed by atoms with Crippen molar-refractivity contribution in [1.29, 1.82) is 0 Å². The Balaban J connectivity index is 2.34. The summed E-state index contributed by atoms with van der Waals surface area (Å²) in [6, 6.07) is 8.08. The summed E-state index contributed by atoms with van der Waals surface area (Å²) in [5, 5.41) is 2.62. The number of amides is 1. The van der Waals surface area contributed by atoms with Crippen LogP contribution in [-0.2, 0) is 4.79 Å². The first-order valence-corrected chi connectivity index (χ1v) is 5.60. The van der Waals surface area contributed by atoms with Crippen LogP contribution in [-0.4, -0.2) is 18.2 Å². The van der Waals surface area contributed by atoms with E-state index in [4.69, 9.17) is 6.42 Å². The second-order valence-electron chi connectivity index (χ2n) is 3.08. The average Bonchev–Trinajstić information content (AvgIpc) is 2.25. The van der Waals surface area contributed by atoms with Crippen LogP contribution < -0.4 is 5.32 Å². The van der Waals surface area contributed by atoms with Crippen molar-refractivity contribution in [3.05, 3.63) is 29.8 Å². The molecule has 1 N–H and O–H groups in total. The fraction of sp³-hybridized carbons (Fsp3) is 0.250. The molecule has 1 aromatic carbocycles. The topological polar surface area (TPSA) is 29.1 Å². The number of rotatable bonds is 4. The van der Waals surface area contributed by atoms with E-state index in [1.165, 1.54) is 17.3 Å². The SMILES string of the molecule is C#CCNC(=O)CSc1ccc(C)cc1. The molecule has 3 heteroatoms. The van der Waals surface area contributed by atoms with Crippen LogP contribution in [0.15, 0.2) is 29.2 Å². The molecular weight excluding hydrogens is 206 g/mol. The Morgan fingerprint density at radius 2 is 2.13 bits per heavy atom. The lowest BCUT2D eigenvalue weighted by atomic mass is 10.2. The Kier molecular flexibility index (Phi) is 4.79. The van der Waals surface area contributed by atoms with Gasteiger partial charge in [0.05, 0.1) is 12.3 Å². The van der Waals surface area contributed by atoms with E-state index in [0.29, 0.717) is 12.3 Å².